The van der Waals surface area contributed by atoms with E-state index in [1.807, 2.05) is 0 Å². The van der Waals surface area contributed by atoms with Gasteiger partial charge in [-0.25, -0.2) is 9.18 Å². The smallest absolute Gasteiger partial charge is 0.341 e. The predicted octanol–water partition coefficient (Wildman–Crippen LogP) is 3.48. The Morgan fingerprint density at radius 1 is 1.14 bits per heavy atom. The Labute approximate surface area is 160 Å². The minimum Gasteiger partial charge on any atom is -0.477 e. The highest BCUT2D eigenvalue weighted by molar-refractivity contribution is 5.93. The van der Waals surface area contributed by atoms with E-state index < -0.39 is 22.8 Å². The molecule has 7 heteroatoms. The summed E-state index contributed by atoms with van der Waals surface area (Å²) in [5.41, 5.74) is 0.423. The van der Waals surface area contributed by atoms with Crippen LogP contribution in [-0.4, -0.2) is 21.6 Å². The first-order valence-electron chi connectivity index (χ1n) is 8.72. The van der Waals surface area contributed by atoms with Crippen LogP contribution in [0.2, 0.25) is 0 Å². The van der Waals surface area contributed by atoms with Gasteiger partial charge >= 0.3 is 5.97 Å². The van der Waals surface area contributed by atoms with Crippen LogP contribution in [0.4, 0.5) is 10.1 Å². The molecule has 28 heavy (non-hydrogen) atoms. The lowest BCUT2D eigenvalue weighted by Crippen LogP contribution is -2.20. The monoisotopic (exact) mass is 382 g/mol. The van der Waals surface area contributed by atoms with Crippen molar-refractivity contribution in [3.05, 3.63) is 75.8 Å². The third-order valence-corrected chi connectivity index (χ3v) is 4.39. The normalized spacial score (nSPS) is 11.0. The lowest BCUT2D eigenvalue weighted by atomic mass is 10.1. The maximum absolute atomic E-state index is 14.2. The van der Waals surface area contributed by atoms with E-state index >= 15 is 0 Å². The molecule has 0 atom stereocenters. The van der Waals surface area contributed by atoms with Crippen LogP contribution in [0.25, 0.3) is 10.9 Å². The van der Waals surface area contributed by atoms with E-state index in [2.05, 4.69) is 5.32 Å². The van der Waals surface area contributed by atoms with E-state index in [-0.39, 0.29) is 23.8 Å². The Bertz CT molecular complexity index is 1120. The first-order chi connectivity index (χ1) is 13.3. The average molecular weight is 382 g/mol. The Kier molecular flexibility index (Phi) is 5.26. The summed E-state index contributed by atoms with van der Waals surface area (Å²) in [5, 5.41) is 11.8. The minimum absolute atomic E-state index is 0.0965. The van der Waals surface area contributed by atoms with Crippen LogP contribution in [-0.2, 0) is 11.3 Å². The van der Waals surface area contributed by atoms with Crippen molar-refractivity contribution >= 4 is 28.5 Å². The lowest BCUT2D eigenvalue weighted by Gasteiger charge is -2.14. The first-order valence-corrected chi connectivity index (χ1v) is 8.72. The molecule has 144 valence electrons. The summed E-state index contributed by atoms with van der Waals surface area (Å²) in [4.78, 5) is 35.5. The molecule has 0 aliphatic carbocycles. The highest BCUT2D eigenvalue weighted by atomic mass is 19.1. The van der Waals surface area contributed by atoms with Crippen molar-refractivity contribution in [1.82, 2.24) is 4.57 Å². The van der Waals surface area contributed by atoms with Gasteiger partial charge in [0.2, 0.25) is 11.3 Å². The summed E-state index contributed by atoms with van der Waals surface area (Å²) >= 11 is 0. The number of aromatic nitrogens is 1. The lowest BCUT2D eigenvalue weighted by molar-refractivity contribution is -0.118. The number of amides is 1. The number of hydrogen-bond donors (Lipinski definition) is 2. The molecule has 1 amide bonds. The summed E-state index contributed by atoms with van der Waals surface area (Å²) < 4.78 is 15.7. The quantitative estimate of drug-likeness (QED) is 0.707. The third-order valence-electron chi connectivity index (χ3n) is 4.39. The van der Waals surface area contributed by atoms with E-state index in [9.17, 15) is 23.9 Å². The Morgan fingerprint density at radius 2 is 1.82 bits per heavy atom. The van der Waals surface area contributed by atoms with Gasteiger partial charge in [-0.3, -0.25) is 9.59 Å². The second-order valence-corrected chi connectivity index (χ2v) is 6.78. The van der Waals surface area contributed by atoms with E-state index in [1.54, 1.807) is 44.2 Å². The number of anilines is 1. The maximum atomic E-state index is 14.2. The minimum atomic E-state index is -1.41. The molecular weight excluding hydrogens is 363 g/mol. The number of pyridine rings is 1. The molecular formula is C21H19FN2O4. The number of aromatic carboxylic acids is 1. The topological polar surface area (TPSA) is 88.4 Å². The fraction of sp³-hybridized carbons (Fsp3) is 0.190. The number of carbonyl (C=O) groups excluding carboxylic acids is 1. The summed E-state index contributed by atoms with van der Waals surface area (Å²) in [7, 11) is 0. The average Bonchev–Trinajstić information content (AvgIpc) is 2.65. The van der Waals surface area contributed by atoms with Crippen molar-refractivity contribution in [1.29, 1.82) is 0 Å². The second-order valence-electron chi connectivity index (χ2n) is 6.78. The van der Waals surface area contributed by atoms with Crippen LogP contribution in [0.3, 0.4) is 0 Å². The number of halogens is 1. The van der Waals surface area contributed by atoms with Crippen LogP contribution < -0.4 is 10.7 Å². The highest BCUT2D eigenvalue weighted by Crippen LogP contribution is 2.18. The fourth-order valence-corrected chi connectivity index (χ4v) is 2.86. The molecule has 0 unspecified atom stereocenters. The summed E-state index contributed by atoms with van der Waals surface area (Å²) in [6.07, 6.45) is 1.22. The van der Waals surface area contributed by atoms with Crippen molar-refractivity contribution in [3.63, 3.8) is 0 Å². The second kappa shape index (κ2) is 7.64. The molecule has 3 rings (SSSR count). The number of nitrogens with zero attached hydrogens (tertiary/aromatic N) is 1. The Balaban J connectivity index is 1.99. The van der Waals surface area contributed by atoms with E-state index in [1.165, 1.54) is 16.8 Å². The molecule has 1 aromatic heterocycles. The van der Waals surface area contributed by atoms with Gasteiger partial charge in [0.05, 0.1) is 10.9 Å². The molecule has 0 bridgehead atoms. The molecule has 0 aliphatic heterocycles. The molecule has 0 spiro atoms. The zero-order chi connectivity index (χ0) is 20.4. The fourth-order valence-electron chi connectivity index (χ4n) is 2.86. The molecule has 0 saturated carbocycles. The SMILES string of the molecule is CC(C)C(=O)Nc1ccc(Cn2cc(C(=O)O)c(=O)c3c(F)cccc32)cc1. The van der Waals surface area contributed by atoms with Crippen molar-refractivity contribution in [2.24, 2.45) is 5.92 Å². The van der Waals surface area contributed by atoms with Crippen LogP contribution in [0.15, 0.2) is 53.5 Å². The zero-order valence-corrected chi connectivity index (χ0v) is 15.4. The van der Waals surface area contributed by atoms with Crippen LogP contribution in [0, 0.1) is 11.7 Å². The zero-order valence-electron chi connectivity index (χ0n) is 15.4. The molecule has 2 aromatic carbocycles. The van der Waals surface area contributed by atoms with E-state index in [4.69, 9.17) is 0 Å². The number of nitrogens with one attached hydrogen (secondary N) is 1. The van der Waals surface area contributed by atoms with Crippen molar-refractivity contribution < 1.29 is 19.1 Å². The van der Waals surface area contributed by atoms with Gasteiger partial charge in [0.1, 0.15) is 11.4 Å². The van der Waals surface area contributed by atoms with Gasteiger partial charge in [0.25, 0.3) is 0 Å². The van der Waals surface area contributed by atoms with E-state index in [0.29, 0.717) is 11.2 Å². The van der Waals surface area contributed by atoms with Gasteiger partial charge in [0, 0.05) is 24.3 Å². The molecule has 0 radical (unpaired) electrons. The maximum Gasteiger partial charge on any atom is 0.341 e. The molecule has 1 heterocycles. The van der Waals surface area contributed by atoms with E-state index in [0.717, 1.165) is 11.6 Å². The van der Waals surface area contributed by atoms with Gasteiger partial charge in [-0.15, -0.1) is 0 Å². The van der Waals surface area contributed by atoms with Crippen LogP contribution in [0.5, 0.6) is 0 Å². The number of rotatable bonds is 5. The first kappa shape index (κ1) is 19.3. The van der Waals surface area contributed by atoms with Gasteiger partial charge in [-0.1, -0.05) is 32.0 Å². The number of carboxylic acids is 1. The number of benzene rings is 2. The van der Waals surface area contributed by atoms with Gasteiger partial charge in [0.15, 0.2) is 0 Å². The predicted molar refractivity (Wildman–Crippen MR) is 104 cm³/mol. The Hall–Kier alpha value is -3.48. The molecule has 0 fully saturated rings. The molecule has 3 aromatic rings. The molecule has 2 N–H and O–H groups in total. The summed E-state index contributed by atoms with van der Waals surface area (Å²) in [6, 6.07) is 11.2. The summed E-state index contributed by atoms with van der Waals surface area (Å²) in [5.74, 6) is -2.40. The molecule has 0 aliphatic rings. The highest BCUT2D eigenvalue weighted by Gasteiger charge is 2.17. The van der Waals surface area contributed by atoms with Crippen molar-refractivity contribution in [2.75, 3.05) is 5.32 Å². The number of fused-ring (bicyclic) bond motifs is 1. The van der Waals surface area contributed by atoms with Crippen LogP contribution in [0.1, 0.15) is 29.8 Å². The molecule has 0 saturated heterocycles. The summed E-state index contributed by atoms with van der Waals surface area (Å²) in [6.45, 7) is 3.83. The van der Waals surface area contributed by atoms with Crippen molar-refractivity contribution in [2.45, 2.75) is 20.4 Å². The molecule has 6 nitrogen and oxygen atoms in total. The van der Waals surface area contributed by atoms with Crippen LogP contribution >= 0.6 is 0 Å². The standard InChI is InChI=1S/C21H19FN2O4/c1-12(2)20(26)23-14-8-6-13(7-9-14)10-24-11-15(21(27)28)19(25)18-16(22)4-3-5-17(18)24/h3-9,11-12H,10H2,1-2H3,(H,23,26)(H,27,28). The van der Waals surface area contributed by atoms with Crippen molar-refractivity contribution in [3.8, 4) is 0 Å². The number of carbonyl (C=O) groups is 2. The Morgan fingerprint density at radius 3 is 2.43 bits per heavy atom. The number of carboxylic acid groups (broad SMARTS) is 1. The van der Waals surface area contributed by atoms with Gasteiger partial charge < -0.3 is 15.0 Å². The number of hydrogen-bond acceptors (Lipinski definition) is 3. The third kappa shape index (κ3) is 3.78. The van der Waals surface area contributed by atoms with Gasteiger partial charge in [-0.05, 0) is 29.8 Å². The van der Waals surface area contributed by atoms with Gasteiger partial charge in [-0.2, -0.15) is 0 Å². The largest absolute Gasteiger partial charge is 0.477 e.